The highest BCUT2D eigenvalue weighted by atomic mass is 16.6. The first-order valence-corrected chi connectivity index (χ1v) is 7.86. The predicted octanol–water partition coefficient (Wildman–Crippen LogP) is 2.55. The van der Waals surface area contributed by atoms with E-state index in [-0.39, 0.29) is 24.2 Å². The van der Waals surface area contributed by atoms with Gasteiger partial charge < -0.3 is 9.64 Å². The number of nitro groups is 1. The van der Waals surface area contributed by atoms with Gasteiger partial charge in [0.1, 0.15) is 0 Å². The first-order valence-electron chi connectivity index (χ1n) is 7.86. The first kappa shape index (κ1) is 17.7. The van der Waals surface area contributed by atoms with Gasteiger partial charge in [0, 0.05) is 30.8 Å². The van der Waals surface area contributed by atoms with Gasteiger partial charge in [-0.25, -0.2) is 4.79 Å². The largest absolute Gasteiger partial charge is 0.452 e. The van der Waals surface area contributed by atoms with Gasteiger partial charge in [-0.3, -0.25) is 14.9 Å². The Kier molecular flexibility index (Phi) is 6.06. The standard InChI is InChI=1S/C17H20N2O5/c1-13-5-2-3-10-18(13)16(20)12-24-17(21)9-8-14-6-4-7-15(11-14)19(22)23/h4,6-9,11,13H,2-3,5,10,12H2,1H3/b9-8+/t13-/m1/s1. The van der Waals surface area contributed by atoms with Crippen LogP contribution in [0.5, 0.6) is 0 Å². The third kappa shape index (κ3) is 4.91. The molecule has 1 aromatic rings. The number of hydrogen-bond donors (Lipinski definition) is 0. The number of carbonyl (C=O) groups is 2. The van der Waals surface area contributed by atoms with Crippen molar-refractivity contribution in [3.8, 4) is 0 Å². The lowest BCUT2D eigenvalue weighted by Gasteiger charge is -2.33. The fourth-order valence-electron chi connectivity index (χ4n) is 2.64. The fraction of sp³-hybridized carbons (Fsp3) is 0.412. The van der Waals surface area contributed by atoms with Gasteiger partial charge >= 0.3 is 5.97 Å². The second-order valence-corrected chi connectivity index (χ2v) is 5.73. The van der Waals surface area contributed by atoms with Crippen LogP contribution < -0.4 is 0 Å². The highest BCUT2D eigenvalue weighted by Crippen LogP contribution is 2.16. The summed E-state index contributed by atoms with van der Waals surface area (Å²) < 4.78 is 4.95. The average Bonchev–Trinajstić information content (AvgIpc) is 2.58. The van der Waals surface area contributed by atoms with Gasteiger partial charge in [0.25, 0.3) is 11.6 Å². The normalized spacial score (nSPS) is 17.7. The minimum Gasteiger partial charge on any atom is -0.452 e. The molecule has 1 fully saturated rings. The van der Waals surface area contributed by atoms with Crippen molar-refractivity contribution in [2.45, 2.75) is 32.2 Å². The van der Waals surface area contributed by atoms with Crippen molar-refractivity contribution in [2.24, 2.45) is 0 Å². The molecule has 7 nitrogen and oxygen atoms in total. The maximum atomic E-state index is 12.1. The topological polar surface area (TPSA) is 89.8 Å². The van der Waals surface area contributed by atoms with Crippen molar-refractivity contribution in [1.82, 2.24) is 4.90 Å². The van der Waals surface area contributed by atoms with Crippen LogP contribution in [0.2, 0.25) is 0 Å². The Morgan fingerprint density at radius 1 is 1.42 bits per heavy atom. The minimum atomic E-state index is -0.653. The predicted molar refractivity (Wildman–Crippen MR) is 88.1 cm³/mol. The Labute approximate surface area is 140 Å². The highest BCUT2D eigenvalue weighted by Gasteiger charge is 2.23. The molecule has 24 heavy (non-hydrogen) atoms. The quantitative estimate of drug-likeness (QED) is 0.358. The molecule has 1 aliphatic rings. The Balaban J connectivity index is 1.85. The molecule has 0 aliphatic carbocycles. The van der Waals surface area contributed by atoms with Crippen LogP contribution in [0.4, 0.5) is 5.69 Å². The van der Waals surface area contributed by atoms with Gasteiger partial charge in [0.05, 0.1) is 4.92 Å². The Hall–Kier alpha value is -2.70. The zero-order chi connectivity index (χ0) is 17.5. The van der Waals surface area contributed by atoms with Crippen LogP contribution in [0.3, 0.4) is 0 Å². The van der Waals surface area contributed by atoms with E-state index in [1.54, 1.807) is 11.0 Å². The van der Waals surface area contributed by atoms with Crippen molar-refractivity contribution in [3.63, 3.8) is 0 Å². The highest BCUT2D eigenvalue weighted by molar-refractivity contribution is 5.89. The van der Waals surface area contributed by atoms with Gasteiger partial charge in [-0.1, -0.05) is 12.1 Å². The van der Waals surface area contributed by atoms with E-state index in [0.717, 1.165) is 25.3 Å². The summed E-state index contributed by atoms with van der Waals surface area (Å²) >= 11 is 0. The van der Waals surface area contributed by atoms with E-state index in [2.05, 4.69) is 0 Å². The van der Waals surface area contributed by atoms with Crippen LogP contribution in [0, 0.1) is 10.1 Å². The van der Waals surface area contributed by atoms with Crippen LogP contribution in [-0.4, -0.2) is 40.9 Å². The first-order chi connectivity index (χ1) is 11.5. The van der Waals surface area contributed by atoms with E-state index < -0.39 is 10.9 Å². The SMILES string of the molecule is C[C@@H]1CCCCN1C(=O)COC(=O)/C=C/c1cccc([N+](=O)[O-])c1. The van der Waals surface area contributed by atoms with Crippen molar-refractivity contribution in [1.29, 1.82) is 0 Å². The molecular formula is C17H20N2O5. The van der Waals surface area contributed by atoms with Gasteiger partial charge in [0.2, 0.25) is 0 Å². The number of amides is 1. The number of piperidine rings is 1. The van der Waals surface area contributed by atoms with E-state index in [1.807, 2.05) is 6.92 Å². The Morgan fingerprint density at radius 3 is 2.92 bits per heavy atom. The molecule has 128 valence electrons. The smallest absolute Gasteiger partial charge is 0.331 e. The molecule has 0 radical (unpaired) electrons. The molecule has 0 saturated carbocycles. The minimum absolute atomic E-state index is 0.0558. The Bertz CT molecular complexity index is 656. The number of nitro benzene ring substituents is 1. The summed E-state index contributed by atoms with van der Waals surface area (Å²) in [5.41, 5.74) is 0.455. The molecular weight excluding hydrogens is 312 g/mol. The van der Waals surface area contributed by atoms with Crippen molar-refractivity contribution < 1.29 is 19.2 Å². The molecule has 1 aromatic carbocycles. The summed E-state index contributed by atoms with van der Waals surface area (Å²) in [5, 5.41) is 10.7. The van der Waals surface area contributed by atoms with E-state index in [4.69, 9.17) is 4.74 Å². The number of carbonyl (C=O) groups excluding carboxylic acids is 2. The molecule has 0 bridgehead atoms. The number of ether oxygens (including phenoxy) is 1. The zero-order valence-electron chi connectivity index (χ0n) is 13.5. The van der Waals surface area contributed by atoms with Crippen molar-refractivity contribution in [2.75, 3.05) is 13.2 Å². The number of nitrogens with zero attached hydrogens (tertiary/aromatic N) is 2. The Morgan fingerprint density at radius 2 is 2.21 bits per heavy atom. The molecule has 0 spiro atoms. The molecule has 1 aliphatic heterocycles. The molecule has 1 amide bonds. The van der Waals surface area contributed by atoms with Crippen LogP contribution in [0.25, 0.3) is 6.08 Å². The van der Waals surface area contributed by atoms with E-state index in [9.17, 15) is 19.7 Å². The van der Waals surface area contributed by atoms with E-state index in [0.29, 0.717) is 12.1 Å². The van der Waals surface area contributed by atoms with E-state index >= 15 is 0 Å². The summed E-state index contributed by atoms with van der Waals surface area (Å²) in [6.45, 7) is 2.39. The summed E-state index contributed by atoms with van der Waals surface area (Å²) in [6, 6.07) is 6.06. The van der Waals surface area contributed by atoms with Crippen molar-refractivity contribution in [3.05, 3.63) is 46.0 Å². The monoisotopic (exact) mass is 332 g/mol. The lowest BCUT2D eigenvalue weighted by atomic mass is 10.0. The van der Waals surface area contributed by atoms with Gasteiger partial charge in [-0.2, -0.15) is 0 Å². The maximum absolute atomic E-state index is 12.1. The molecule has 0 aromatic heterocycles. The fourth-order valence-corrected chi connectivity index (χ4v) is 2.64. The summed E-state index contributed by atoms with van der Waals surface area (Å²) in [4.78, 5) is 35.7. The molecule has 1 heterocycles. The number of esters is 1. The molecule has 2 rings (SSSR count). The number of likely N-dealkylation sites (tertiary alicyclic amines) is 1. The molecule has 0 N–H and O–H groups in total. The van der Waals surface area contributed by atoms with Crippen molar-refractivity contribution >= 4 is 23.6 Å². The average molecular weight is 332 g/mol. The third-order valence-electron chi connectivity index (χ3n) is 3.95. The lowest BCUT2D eigenvalue weighted by molar-refractivity contribution is -0.384. The molecule has 1 saturated heterocycles. The molecule has 7 heteroatoms. The van der Waals surface area contributed by atoms with Crippen LogP contribution >= 0.6 is 0 Å². The summed E-state index contributed by atoms with van der Waals surface area (Å²) in [6.07, 6.45) is 5.62. The third-order valence-corrected chi connectivity index (χ3v) is 3.95. The van der Waals surface area contributed by atoms with Crippen LogP contribution in [-0.2, 0) is 14.3 Å². The lowest BCUT2D eigenvalue weighted by Crippen LogP contribution is -2.44. The van der Waals surface area contributed by atoms with Crippen LogP contribution in [0.1, 0.15) is 31.7 Å². The molecule has 1 atom stereocenters. The second kappa shape index (κ2) is 8.24. The maximum Gasteiger partial charge on any atom is 0.331 e. The number of benzene rings is 1. The number of rotatable bonds is 5. The van der Waals surface area contributed by atoms with Crippen LogP contribution in [0.15, 0.2) is 30.3 Å². The van der Waals surface area contributed by atoms with E-state index in [1.165, 1.54) is 24.3 Å². The molecule has 0 unspecified atom stereocenters. The number of hydrogen-bond acceptors (Lipinski definition) is 5. The summed E-state index contributed by atoms with van der Waals surface area (Å²) in [5.74, 6) is -0.848. The number of non-ortho nitro benzene ring substituents is 1. The van der Waals surface area contributed by atoms with Gasteiger partial charge in [-0.05, 0) is 37.8 Å². The summed E-state index contributed by atoms with van der Waals surface area (Å²) in [7, 11) is 0. The van der Waals surface area contributed by atoms with Gasteiger partial charge in [-0.15, -0.1) is 0 Å². The second-order valence-electron chi connectivity index (χ2n) is 5.73. The zero-order valence-corrected chi connectivity index (χ0v) is 13.5. The van der Waals surface area contributed by atoms with Gasteiger partial charge in [0.15, 0.2) is 6.61 Å².